The zero-order valence-electron chi connectivity index (χ0n) is 23.7. The van der Waals surface area contributed by atoms with Crippen LogP contribution in [0.1, 0.15) is 29.5 Å². The maximum atomic E-state index is 13.1. The smallest absolute Gasteiger partial charge is 0.224 e. The molecule has 0 radical (unpaired) electrons. The van der Waals surface area contributed by atoms with E-state index in [1.54, 1.807) is 6.08 Å². The van der Waals surface area contributed by atoms with Crippen LogP contribution < -0.4 is 15.4 Å². The molecule has 8 nitrogen and oxygen atoms in total. The van der Waals surface area contributed by atoms with Gasteiger partial charge in [-0.3, -0.25) is 9.59 Å². The lowest BCUT2D eigenvalue weighted by Crippen LogP contribution is -2.45. The molecule has 1 aromatic heterocycles. The minimum absolute atomic E-state index is 0.0636. The molecule has 0 spiro atoms. The summed E-state index contributed by atoms with van der Waals surface area (Å²) in [6.07, 6.45) is 4.60. The third-order valence-corrected chi connectivity index (χ3v) is 7.20. The molecule has 4 rings (SSSR count). The first-order valence-corrected chi connectivity index (χ1v) is 14.2. The minimum Gasteiger partial charge on any atom is -0.489 e. The second-order valence-electron chi connectivity index (χ2n) is 10.4. The maximum Gasteiger partial charge on any atom is 0.224 e. The Balaban J connectivity index is 1.28. The van der Waals surface area contributed by atoms with Crippen LogP contribution >= 0.6 is 0 Å². The highest BCUT2D eigenvalue weighted by molar-refractivity contribution is 5.86. The van der Waals surface area contributed by atoms with Gasteiger partial charge in [-0.1, -0.05) is 66.7 Å². The van der Waals surface area contributed by atoms with Crippen LogP contribution in [0.5, 0.6) is 5.75 Å². The molecule has 2 amide bonds. The zero-order chi connectivity index (χ0) is 29.7. The summed E-state index contributed by atoms with van der Waals surface area (Å²) in [4.78, 5) is 29.3. The molecule has 0 fully saturated rings. The fourth-order valence-electron chi connectivity index (χ4n) is 4.95. The number of aliphatic hydroxyl groups is 2. The maximum absolute atomic E-state index is 13.1. The van der Waals surface area contributed by atoms with E-state index >= 15 is 0 Å². The van der Waals surface area contributed by atoms with Gasteiger partial charge in [-0.25, -0.2) is 0 Å². The van der Waals surface area contributed by atoms with Gasteiger partial charge >= 0.3 is 0 Å². The van der Waals surface area contributed by atoms with Crippen molar-refractivity contribution in [1.29, 1.82) is 0 Å². The Hall–Kier alpha value is -4.40. The van der Waals surface area contributed by atoms with Crippen LogP contribution in [0.3, 0.4) is 0 Å². The van der Waals surface area contributed by atoms with E-state index in [4.69, 9.17) is 4.74 Å². The van der Waals surface area contributed by atoms with Gasteiger partial charge in [-0.2, -0.15) is 0 Å². The third kappa shape index (κ3) is 8.80. The molecule has 0 saturated carbocycles. The molecule has 8 heteroatoms. The van der Waals surface area contributed by atoms with Crippen molar-refractivity contribution in [2.24, 2.45) is 5.92 Å². The van der Waals surface area contributed by atoms with E-state index in [9.17, 15) is 19.8 Å². The normalized spacial score (nSPS) is 13.2. The highest BCUT2D eigenvalue weighted by Crippen LogP contribution is 2.20. The van der Waals surface area contributed by atoms with Crippen LogP contribution in [-0.4, -0.2) is 52.3 Å². The number of rotatable bonds is 16. The van der Waals surface area contributed by atoms with E-state index in [-0.39, 0.29) is 31.4 Å². The predicted octanol–water partition coefficient (Wildman–Crippen LogP) is 4.07. The summed E-state index contributed by atoms with van der Waals surface area (Å²) < 4.78 is 5.83. The average Bonchev–Trinajstić information content (AvgIpc) is 3.42. The Bertz CT molecular complexity index is 1430. The molecule has 3 atom stereocenters. The van der Waals surface area contributed by atoms with Crippen LogP contribution in [0, 0.1) is 5.92 Å². The number of aromatic nitrogens is 1. The average molecular weight is 570 g/mol. The van der Waals surface area contributed by atoms with Crippen LogP contribution in [0.4, 0.5) is 0 Å². The molecule has 3 aromatic carbocycles. The fraction of sp³-hybridized carbons (Fsp3) is 0.294. The summed E-state index contributed by atoms with van der Waals surface area (Å²) in [7, 11) is 0. The van der Waals surface area contributed by atoms with Gasteiger partial charge in [0.2, 0.25) is 11.8 Å². The molecule has 0 unspecified atom stereocenters. The monoisotopic (exact) mass is 569 g/mol. The molecule has 42 heavy (non-hydrogen) atoms. The lowest BCUT2D eigenvalue weighted by molar-refractivity contribution is -0.131. The van der Waals surface area contributed by atoms with E-state index < -0.39 is 18.0 Å². The summed E-state index contributed by atoms with van der Waals surface area (Å²) in [5.74, 6) is -0.581. The van der Waals surface area contributed by atoms with Gasteiger partial charge in [-0.05, 0) is 54.2 Å². The number of aliphatic hydroxyl groups excluding tert-OH is 2. The number of H-pyrrole nitrogens is 1. The van der Waals surface area contributed by atoms with Crippen molar-refractivity contribution in [1.82, 2.24) is 15.6 Å². The first-order chi connectivity index (χ1) is 20.5. The number of carbonyl (C=O) groups is 2. The van der Waals surface area contributed by atoms with E-state index in [1.807, 2.05) is 85.1 Å². The number of amides is 2. The first kappa shape index (κ1) is 30.6. The summed E-state index contributed by atoms with van der Waals surface area (Å²) in [6.45, 7) is 3.73. The number of fused-ring (bicyclic) bond motifs is 1. The molecule has 4 aromatic rings. The zero-order valence-corrected chi connectivity index (χ0v) is 23.7. The number of hydrogen-bond donors (Lipinski definition) is 5. The number of ether oxygens (including phenoxy) is 1. The summed E-state index contributed by atoms with van der Waals surface area (Å²) in [5, 5.41) is 26.7. The van der Waals surface area contributed by atoms with E-state index in [1.165, 1.54) is 0 Å². The number of carbonyl (C=O) groups excluding carboxylic acids is 2. The molecule has 0 saturated heterocycles. The van der Waals surface area contributed by atoms with Crippen molar-refractivity contribution >= 4 is 22.7 Å². The predicted molar refractivity (Wildman–Crippen MR) is 164 cm³/mol. The number of aromatic amines is 1. The van der Waals surface area contributed by atoms with Gasteiger partial charge in [0.25, 0.3) is 0 Å². The van der Waals surface area contributed by atoms with Gasteiger partial charge < -0.3 is 30.6 Å². The molecular weight excluding hydrogens is 530 g/mol. The largest absolute Gasteiger partial charge is 0.489 e. The number of benzene rings is 3. The lowest BCUT2D eigenvalue weighted by Gasteiger charge is -2.22. The Morgan fingerprint density at radius 1 is 0.857 bits per heavy atom. The summed E-state index contributed by atoms with van der Waals surface area (Å²) >= 11 is 0. The SMILES string of the molecule is C=CC[C@@H](CC(=O)N[C@H](CO)Cc1ccc(OCc2ccccc2)cc1)C(=O)N[C@H](CO)Cc1c[nH]c2ccccc12. The third-order valence-electron chi connectivity index (χ3n) is 7.20. The molecule has 0 aliphatic carbocycles. The van der Waals surface area contributed by atoms with Gasteiger partial charge in [0.15, 0.2) is 0 Å². The number of allylic oxidation sites excluding steroid dienone is 1. The summed E-state index contributed by atoms with van der Waals surface area (Å²) in [6, 6.07) is 24.3. The lowest BCUT2D eigenvalue weighted by atomic mass is 9.97. The Morgan fingerprint density at radius 2 is 1.55 bits per heavy atom. The minimum atomic E-state index is -0.653. The Kier molecular flexibility index (Phi) is 11.3. The van der Waals surface area contributed by atoms with Crippen molar-refractivity contribution in [3.05, 3.63) is 114 Å². The molecule has 0 aliphatic heterocycles. The van der Waals surface area contributed by atoms with Crippen LogP contribution in [-0.2, 0) is 29.0 Å². The molecule has 220 valence electrons. The van der Waals surface area contributed by atoms with E-state index in [0.717, 1.165) is 33.3 Å². The highest BCUT2D eigenvalue weighted by atomic mass is 16.5. The Morgan fingerprint density at radius 3 is 2.26 bits per heavy atom. The van der Waals surface area contributed by atoms with Crippen molar-refractivity contribution in [3.63, 3.8) is 0 Å². The second-order valence-corrected chi connectivity index (χ2v) is 10.4. The van der Waals surface area contributed by atoms with E-state index in [0.29, 0.717) is 25.9 Å². The van der Waals surface area contributed by atoms with Gasteiger partial charge in [0.05, 0.1) is 31.2 Å². The van der Waals surface area contributed by atoms with Gasteiger partial charge in [0, 0.05) is 23.5 Å². The fourth-order valence-corrected chi connectivity index (χ4v) is 4.95. The quantitative estimate of drug-likeness (QED) is 0.130. The molecule has 0 bridgehead atoms. The van der Waals surface area contributed by atoms with Gasteiger partial charge in [0.1, 0.15) is 12.4 Å². The molecular formula is C34H39N3O5. The van der Waals surface area contributed by atoms with Crippen molar-refractivity contribution in [3.8, 4) is 5.75 Å². The number of para-hydroxylation sites is 1. The van der Waals surface area contributed by atoms with Crippen molar-refractivity contribution in [2.75, 3.05) is 13.2 Å². The molecule has 0 aliphatic rings. The van der Waals surface area contributed by atoms with Crippen LogP contribution in [0.25, 0.3) is 10.9 Å². The van der Waals surface area contributed by atoms with Crippen molar-refractivity contribution < 1.29 is 24.5 Å². The molecule has 1 heterocycles. The van der Waals surface area contributed by atoms with Gasteiger partial charge in [-0.15, -0.1) is 6.58 Å². The Labute approximate surface area is 246 Å². The highest BCUT2D eigenvalue weighted by Gasteiger charge is 2.25. The van der Waals surface area contributed by atoms with E-state index in [2.05, 4.69) is 22.2 Å². The number of hydrogen-bond acceptors (Lipinski definition) is 5. The second kappa shape index (κ2) is 15.6. The topological polar surface area (TPSA) is 124 Å². The number of nitrogens with one attached hydrogen (secondary N) is 3. The van der Waals surface area contributed by atoms with Crippen molar-refractivity contribution in [2.45, 2.75) is 44.4 Å². The first-order valence-electron chi connectivity index (χ1n) is 14.2. The van der Waals surface area contributed by atoms with Crippen LogP contribution in [0.15, 0.2) is 97.7 Å². The molecule has 5 N–H and O–H groups in total. The standard InChI is InChI=1S/C34H39N3O5/c1-2-8-26(34(41)37-29(22-39)18-27-20-35-32-12-7-6-11-31(27)32)19-33(40)36-28(21-38)17-24-13-15-30(16-14-24)42-23-25-9-4-3-5-10-25/h2-7,9-16,20,26,28-29,35,38-39H,1,8,17-19,21-23H2,(H,36,40)(H,37,41)/t26-,28-,29-/m0/s1. The van der Waals surface area contributed by atoms with Crippen LogP contribution in [0.2, 0.25) is 0 Å². The summed E-state index contributed by atoms with van der Waals surface area (Å²) in [5.41, 5.74) is 3.99.